The molecular weight excluding hydrogens is 160 g/mol. The fourth-order valence-electron chi connectivity index (χ4n) is 1.54. The molecule has 0 aromatic carbocycles. The van der Waals surface area contributed by atoms with Crippen LogP contribution in [0.25, 0.3) is 0 Å². The second-order valence-corrected chi connectivity index (χ2v) is 3.29. The van der Waals surface area contributed by atoms with Gasteiger partial charge in [0.05, 0.1) is 0 Å². The summed E-state index contributed by atoms with van der Waals surface area (Å²) in [6, 6.07) is 0. The average Bonchev–Trinajstić information content (AvgIpc) is 2.19. The van der Waals surface area contributed by atoms with Gasteiger partial charge < -0.3 is 0 Å². The standard InChI is InChI=1S/C12H16O/c13-11-7-2-1-4-8-12-9-5-3-6-10-12/h1-2,4,7-8,11H,3,5-6,9-10H2/b4-1+,7-2+. The van der Waals surface area contributed by atoms with Crippen LogP contribution in [-0.2, 0) is 4.79 Å². The third-order valence-electron chi connectivity index (χ3n) is 2.24. The molecule has 0 N–H and O–H groups in total. The van der Waals surface area contributed by atoms with Gasteiger partial charge in [0.15, 0.2) is 0 Å². The van der Waals surface area contributed by atoms with Crippen molar-refractivity contribution >= 4 is 6.29 Å². The zero-order valence-electron chi connectivity index (χ0n) is 7.91. The maximum atomic E-state index is 9.93. The molecule has 0 unspecified atom stereocenters. The van der Waals surface area contributed by atoms with Crippen LogP contribution in [0.5, 0.6) is 0 Å². The van der Waals surface area contributed by atoms with E-state index in [1.807, 2.05) is 12.2 Å². The summed E-state index contributed by atoms with van der Waals surface area (Å²) in [6.45, 7) is 0. The van der Waals surface area contributed by atoms with Gasteiger partial charge in [-0.1, -0.05) is 36.3 Å². The van der Waals surface area contributed by atoms with Crippen LogP contribution in [0.1, 0.15) is 32.1 Å². The van der Waals surface area contributed by atoms with E-state index in [0.717, 1.165) is 6.29 Å². The van der Waals surface area contributed by atoms with Gasteiger partial charge in [0, 0.05) is 0 Å². The Balaban J connectivity index is 2.32. The lowest BCUT2D eigenvalue weighted by atomic mass is 9.95. The molecule has 0 aliphatic heterocycles. The molecule has 0 saturated heterocycles. The Morgan fingerprint density at radius 3 is 2.23 bits per heavy atom. The lowest BCUT2D eigenvalue weighted by Gasteiger charge is -2.11. The van der Waals surface area contributed by atoms with E-state index in [0.29, 0.717) is 0 Å². The van der Waals surface area contributed by atoms with E-state index in [1.165, 1.54) is 38.2 Å². The predicted molar refractivity (Wildman–Crippen MR) is 55.5 cm³/mol. The number of carbonyl (C=O) groups excluding carboxylic acids is 1. The summed E-state index contributed by atoms with van der Waals surface area (Å²) in [5.74, 6) is 0. The molecule has 13 heavy (non-hydrogen) atoms. The van der Waals surface area contributed by atoms with Crippen LogP contribution in [0, 0.1) is 0 Å². The minimum Gasteiger partial charge on any atom is -0.299 e. The van der Waals surface area contributed by atoms with Gasteiger partial charge in [-0.2, -0.15) is 0 Å². The summed E-state index contributed by atoms with van der Waals surface area (Å²) in [5, 5.41) is 0. The molecule has 0 heterocycles. The van der Waals surface area contributed by atoms with E-state index in [-0.39, 0.29) is 0 Å². The van der Waals surface area contributed by atoms with Crippen LogP contribution in [0.2, 0.25) is 0 Å². The molecule has 1 fully saturated rings. The molecule has 0 radical (unpaired) electrons. The van der Waals surface area contributed by atoms with E-state index in [4.69, 9.17) is 0 Å². The summed E-state index contributed by atoms with van der Waals surface area (Å²) < 4.78 is 0. The van der Waals surface area contributed by atoms with Gasteiger partial charge in [0.2, 0.25) is 0 Å². The van der Waals surface area contributed by atoms with Gasteiger partial charge in [0.1, 0.15) is 6.29 Å². The second-order valence-electron chi connectivity index (χ2n) is 3.29. The maximum absolute atomic E-state index is 9.93. The summed E-state index contributed by atoms with van der Waals surface area (Å²) in [4.78, 5) is 9.93. The van der Waals surface area contributed by atoms with E-state index in [2.05, 4.69) is 6.08 Å². The quantitative estimate of drug-likeness (QED) is 0.366. The van der Waals surface area contributed by atoms with Crippen molar-refractivity contribution in [2.24, 2.45) is 0 Å². The average molecular weight is 176 g/mol. The third-order valence-corrected chi connectivity index (χ3v) is 2.24. The number of allylic oxidation sites excluding steroid dienone is 6. The van der Waals surface area contributed by atoms with Crippen molar-refractivity contribution in [3.8, 4) is 0 Å². The molecule has 70 valence electrons. The topological polar surface area (TPSA) is 17.1 Å². The van der Waals surface area contributed by atoms with Crippen molar-refractivity contribution in [2.75, 3.05) is 0 Å². The molecule has 1 saturated carbocycles. The molecule has 1 nitrogen and oxygen atoms in total. The van der Waals surface area contributed by atoms with Crippen molar-refractivity contribution < 1.29 is 4.79 Å². The number of carbonyl (C=O) groups is 1. The first kappa shape index (κ1) is 9.97. The molecule has 0 aromatic heterocycles. The van der Waals surface area contributed by atoms with Crippen LogP contribution in [0.15, 0.2) is 36.0 Å². The Morgan fingerprint density at radius 1 is 0.846 bits per heavy atom. The van der Waals surface area contributed by atoms with Gasteiger partial charge >= 0.3 is 0 Å². The SMILES string of the molecule is O=C/C=C/C=C/C=C1CCCCC1. The first-order valence-electron chi connectivity index (χ1n) is 4.90. The first-order valence-corrected chi connectivity index (χ1v) is 4.90. The molecule has 0 bridgehead atoms. The van der Waals surface area contributed by atoms with Crippen LogP contribution >= 0.6 is 0 Å². The molecule has 1 heteroatoms. The number of rotatable bonds is 3. The van der Waals surface area contributed by atoms with Crippen LogP contribution in [0.3, 0.4) is 0 Å². The second kappa shape index (κ2) is 6.41. The van der Waals surface area contributed by atoms with Crippen molar-refractivity contribution in [2.45, 2.75) is 32.1 Å². The molecule has 1 aliphatic carbocycles. The van der Waals surface area contributed by atoms with Gasteiger partial charge in [-0.05, 0) is 31.8 Å². The van der Waals surface area contributed by atoms with E-state index < -0.39 is 0 Å². The van der Waals surface area contributed by atoms with E-state index in [9.17, 15) is 4.79 Å². The Kier molecular flexibility index (Phi) is 4.92. The minimum atomic E-state index is 0.790. The fraction of sp³-hybridized carbons (Fsp3) is 0.417. The monoisotopic (exact) mass is 176 g/mol. The Hall–Kier alpha value is -1.11. The molecule has 0 amide bonds. The van der Waals surface area contributed by atoms with Crippen molar-refractivity contribution in [3.63, 3.8) is 0 Å². The largest absolute Gasteiger partial charge is 0.299 e. The Bertz CT molecular complexity index is 226. The third kappa shape index (κ3) is 4.46. The molecule has 0 atom stereocenters. The zero-order chi connectivity index (χ0) is 9.36. The lowest BCUT2D eigenvalue weighted by Crippen LogP contribution is -1.92. The molecule has 0 aromatic rings. The van der Waals surface area contributed by atoms with Gasteiger partial charge in [-0.3, -0.25) is 4.79 Å². The summed E-state index contributed by atoms with van der Waals surface area (Å²) in [5.41, 5.74) is 1.54. The van der Waals surface area contributed by atoms with Crippen molar-refractivity contribution in [1.29, 1.82) is 0 Å². The molecule has 0 spiro atoms. The minimum absolute atomic E-state index is 0.790. The molecular formula is C12H16O. The number of hydrogen-bond acceptors (Lipinski definition) is 1. The van der Waals surface area contributed by atoms with Crippen molar-refractivity contribution in [3.05, 3.63) is 36.0 Å². The fourth-order valence-corrected chi connectivity index (χ4v) is 1.54. The highest BCUT2D eigenvalue weighted by Gasteiger charge is 2.02. The Labute approximate surface area is 79.8 Å². The zero-order valence-corrected chi connectivity index (χ0v) is 7.91. The number of aldehydes is 1. The summed E-state index contributed by atoms with van der Waals surface area (Å²) in [7, 11) is 0. The van der Waals surface area contributed by atoms with Crippen LogP contribution < -0.4 is 0 Å². The smallest absolute Gasteiger partial charge is 0.142 e. The van der Waals surface area contributed by atoms with Crippen LogP contribution in [-0.4, -0.2) is 6.29 Å². The highest BCUT2D eigenvalue weighted by Crippen LogP contribution is 2.22. The predicted octanol–water partition coefficient (Wildman–Crippen LogP) is 3.19. The van der Waals surface area contributed by atoms with E-state index in [1.54, 1.807) is 11.6 Å². The summed E-state index contributed by atoms with van der Waals surface area (Å²) in [6.07, 6.45) is 16.7. The molecule has 1 aliphatic rings. The van der Waals surface area contributed by atoms with Gasteiger partial charge in [-0.15, -0.1) is 0 Å². The van der Waals surface area contributed by atoms with Crippen molar-refractivity contribution in [1.82, 2.24) is 0 Å². The molecule has 1 rings (SSSR count). The maximum Gasteiger partial charge on any atom is 0.142 e. The first-order chi connectivity index (χ1) is 6.43. The Morgan fingerprint density at radius 2 is 1.54 bits per heavy atom. The highest BCUT2D eigenvalue weighted by molar-refractivity contribution is 5.65. The summed E-state index contributed by atoms with van der Waals surface area (Å²) >= 11 is 0. The van der Waals surface area contributed by atoms with Gasteiger partial charge in [-0.25, -0.2) is 0 Å². The lowest BCUT2D eigenvalue weighted by molar-refractivity contribution is -0.104. The van der Waals surface area contributed by atoms with Gasteiger partial charge in [0.25, 0.3) is 0 Å². The van der Waals surface area contributed by atoms with E-state index >= 15 is 0 Å². The normalized spacial score (nSPS) is 18.3. The number of hydrogen-bond donors (Lipinski definition) is 0. The van der Waals surface area contributed by atoms with Crippen LogP contribution in [0.4, 0.5) is 0 Å². The highest BCUT2D eigenvalue weighted by atomic mass is 16.1.